The molecule has 0 aliphatic rings. The maximum absolute atomic E-state index is 4.48. The van der Waals surface area contributed by atoms with Crippen LogP contribution in [0.3, 0.4) is 0 Å². The summed E-state index contributed by atoms with van der Waals surface area (Å²) in [7, 11) is 3.81. The number of aryl methyl sites for hydroxylation is 2. The largest absolute Gasteiger partial charge is 0.354 e. The Morgan fingerprint density at radius 2 is 2.32 bits per heavy atom. The molecule has 0 amide bonds. The molecular weight excluding hydrogens is 298 g/mol. The monoisotopic (exact) mass is 321 g/mol. The van der Waals surface area contributed by atoms with Crippen LogP contribution in [0.1, 0.15) is 23.4 Å². The van der Waals surface area contributed by atoms with Crippen molar-refractivity contribution in [3.8, 4) is 0 Å². The summed E-state index contributed by atoms with van der Waals surface area (Å²) in [5, 5.41) is 14.6. The van der Waals surface area contributed by atoms with Crippen molar-refractivity contribution in [3.63, 3.8) is 0 Å². The molecule has 0 saturated heterocycles. The molecule has 2 heterocycles. The van der Waals surface area contributed by atoms with Gasteiger partial charge >= 0.3 is 0 Å². The summed E-state index contributed by atoms with van der Waals surface area (Å²) in [6, 6.07) is 0. The zero-order chi connectivity index (χ0) is 15.9. The SMILES string of the molecule is CCc1nncn1CCNC(=NC)N(C)Cc1csc(C)n1. The van der Waals surface area contributed by atoms with E-state index in [4.69, 9.17) is 0 Å². The molecule has 8 heteroatoms. The van der Waals surface area contributed by atoms with E-state index in [0.29, 0.717) is 0 Å². The number of hydrogen-bond donors (Lipinski definition) is 1. The lowest BCUT2D eigenvalue weighted by molar-refractivity contribution is 0.467. The van der Waals surface area contributed by atoms with E-state index in [-0.39, 0.29) is 0 Å². The van der Waals surface area contributed by atoms with E-state index in [9.17, 15) is 0 Å². The Bertz CT molecular complexity index is 616. The third kappa shape index (κ3) is 4.27. The van der Waals surface area contributed by atoms with Crippen LogP contribution in [0.2, 0.25) is 0 Å². The predicted octanol–water partition coefficient (Wildman–Crippen LogP) is 1.31. The smallest absolute Gasteiger partial charge is 0.193 e. The Morgan fingerprint density at radius 3 is 2.95 bits per heavy atom. The van der Waals surface area contributed by atoms with Gasteiger partial charge in [0, 0.05) is 39.0 Å². The van der Waals surface area contributed by atoms with E-state index < -0.39 is 0 Å². The zero-order valence-electron chi connectivity index (χ0n) is 13.6. The van der Waals surface area contributed by atoms with Gasteiger partial charge in [-0.2, -0.15) is 0 Å². The van der Waals surface area contributed by atoms with E-state index in [0.717, 1.165) is 48.5 Å². The Kier molecular flexibility index (Phi) is 5.88. The molecule has 22 heavy (non-hydrogen) atoms. The molecule has 2 aromatic rings. The van der Waals surface area contributed by atoms with E-state index in [1.165, 1.54) is 0 Å². The molecule has 120 valence electrons. The number of nitrogens with one attached hydrogen (secondary N) is 1. The summed E-state index contributed by atoms with van der Waals surface area (Å²) >= 11 is 1.67. The maximum Gasteiger partial charge on any atom is 0.193 e. The van der Waals surface area contributed by atoms with E-state index in [1.807, 2.05) is 14.0 Å². The lowest BCUT2D eigenvalue weighted by atomic mass is 10.4. The van der Waals surface area contributed by atoms with E-state index >= 15 is 0 Å². The summed E-state index contributed by atoms with van der Waals surface area (Å²) in [6.07, 6.45) is 2.66. The molecule has 7 nitrogen and oxygen atoms in total. The number of hydrogen-bond acceptors (Lipinski definition) is 5. The van der Waals surface area contributed by atoms with Gasteiger partial charge < -0.3 is 14.8 Å². The van der Waals surface area contributed by atoms with Crippen molar-refractivity contribution < 1.29 is 0 Å². The quantitative estimate of drug-likeness (QED) is 0.642. The van der Waals surface area contributed by atoms with Gasteiger partial charge in [0.05, 0.1) is 17.2 Å². The molecule has 0 spiro atoms. The van der Waals surface area contributed by atoms with Crippen molar-refractivity contribution in [1.82, 2.24) is 30.0 Å². The third-order valence-corrected chi connectivity index (χ3v) is 4.11. The molecule has 0 bridgehead atoms. The Hall–Kier alpha value is -1.96. The third-order valence-electron chi connectivity index (χ3n) is 3.29. The minimum atomic E-state index is 0.747. The first-order valence-electron chi connectivity index (χ1n) is 7.33. The number of thiazole rings is 1. The number of rotatable bonds is 6. The molecule has 0 fully saturated rings. The van der Waals surface area contributed by atoms with Crippen LogP contribution in [0.25, 0.3) is 0 Å². The molecule has 0 aromatic carbocycles. The van der Waals surface area contributed by atoms with Gasteiger partial charge in [0.25, 0.3) is 0 Å². The molecule has 0 atom stereocenters. The minimum absolute atomic E-state index is 0.747. The number of aliphatic imine (C=N–C) groups is 1. The number of aromatic nitrogens is 4. The second-order valence-electron chi connectivity index (χ2n) is 4.98. The van der Waals surface area contributed by atoms with Crippen LogP contribution in [-0.2, 0) is 19.5 Å². The normalized spacial score (nSPS) is 11.7. The van der Waals surface area contributed by atoms with E-state index in [2.05, 4.69) is 47.3 Å². The summed E-state index contributed by atoms with van der Waals surface area (Å²) in [5.41, 5.74) is 1.07. The highest BCUT2D eigenvalue weighted by Gasteiger charge is 2.09. The van der Waals surface area contributed by atoms with Crippen LogP contribution < -0.4 is 5.32 Å². The topological polar surface area (TPSA) is 71.2 Å². The highest BCUT2D eigenvalue weighted by molar-refractivity contribution is 7.09. The lowest BCUT2D eigenvalue weighted by Crippen LogP contribution is -2.40. The summed E-state index contributed by atoms with van der Waals surface area (Å²) in [6.45, 7) is 6.44. The molecular formula is C14H23N7S. The van der Waals surface area contributed by atoms with Crippen molar-refractivity contribution in [3.05, 3.63) is 28.2 Å². The number of nitrogens with zero attached hydrogens (tertiary/aromatic N) is 6. The van der Waals surface area contributed by atoms with Gasteiger partial charge in [-0.15, -0.1) is 21.5 Å². The van der Waals surface area contributed by atoms with Gasteiger partial charge in [0.15, 0.2) is 5.96 Å². The average Bonchev–Trinajstić information content (AvgIpc) is 3.12. The van der Waals surface area contributed by atoms with Crippen molar-refractivity contribution in [2.45, 2.75) is 33.4 Å². The first kappa shape index (κ1) is 16.4. The Balaban J connectivity index is 1.84. The minimum Gasteiger partial charge on any atom is -0.354 e. The van der Waals surface area contributed by atoms with Crippen LogP contribution in [-0.4, -0.2) is 51.2 Å². The van der Waals surface area contributed by atoms with Crippen molar-refractivity contribution in [1.29, 1.82) is 0 Å². The van der Waals surface area contributed by atoms with Gasteiger partial charge in [-0.1, -0.05) is 6.92 Å². The molecule has 0 saturated carbocycles. The van der Waals surface area contributed by atoms with Crippen LogP contribution in [0.5, 0.6) is 0 Å². The first-order chi connectivity index (χ1) is 10.6. The van der Waals surface area contributed by atoms with Gasteiger partial charge in [-0.3, -0.25) is 4.99 Å². The summed E-state index contributed by atoms with van der Waals surface area (Å²) < 4.78 is 2.06. The van der Waals surface area contributed by atoms with Gasteiger partial charge in [-0.05, 0) is 6.92 Å². The van der Waals surface area contributed by atoms with Crippen molar-refractivity contribution in [2.24, 2.45) is 4.99 Å². The molecule has 0 aliphatic heterocycles. The first-order valence-corrected chi connectivity index (χ1v) is 8.21. The van der Waals surface area contributed by atoms with Crippen LogP contribution >= 0.6 is 11.3 Å². The molecule has 1 N–H and O–H groups in total. The summed E-state index contributed by atoms with van der Waals surface area (Å²) in [4.78, 5) is 10.9. The molecule has 2 rings (SSSR count). The van der Waals surface area contributed by atoms with Gasteiger partial charge in [0.2, 0.25) is 0 Å². The second kappa shape index (κ2) is 7.88. The second-order valence-corrected chi connectivity index (χ2v) is 6.04. The average molecular weight is 321 g/mol. The highest BCUT2D eigenvalue weighted by atomic mass is 32.1. The zero-order valence-corrected chi connectivity index (χ0v) is 14.4. The predicted molar refractivity (Wildman–Crippen MR) is 89.1 cm³/mol. The van der Waals surface area contributed by atoms with Crippen molar-refractivity contribution in [2.75, 3.05) is 20.6 Å². The fraction of sp³-hybridized carbons (Fsp3) is 0.571. The number of guanidine groups is 1. The fourth-order valence-corrected chi connectivity index (χ4v) is 2.81. The van der Waals surface area contributed by atoms with Crippen LogP contribution in [0, 0.1) is 6.92 Å². The Morgan fingerprint density at radius 1 is 1.50 bits per heavy atom. The van der Waals surface area contributed by atoms with E-state index in [1.54, 1.807) is 24.7 Å². The van der Waals surface area contributed by atoms with Gasteiger partial charge in [0.1, 0.15) is 12.2 Å². The summed E-state index contributed by atoms with van der Waals surface area (Å²) in [5.74, 6) is 1.86. The van der Waals surface area contributed by atoms with Crippen LogP contribution in [0.15, 0.2) is 16.7 Å². The Labute approximate surface area is 135 Å². The molecule has 2 aromatic heterocycles. The van der Waals surface area contributed by atoms with Crippen molar-refractivity contribution >= 4 is 17.3 Å². The maximum atomic E-state index is 4.48. The van der Waals surface area contributed by atoms with Crippen LogP contribution in [0.4, 0.5) is 0 Å². The highest BCUT2D eigenvalue weighted by Crippen LogP contribution is 2.09. The van der Waals surface area contributed by atoms with Gasteiger partial charge in [-0.25, -0.2) is 4.98 Å². The molecule has 0 unspecified atom stereocenters. The fourth-order valence-electron chi connectivity index (χ4n) is 2.21. The lowest BCUT2D eigenvalue weighted by Gasteiger charge is -2.21. The molecule has 0 radical (unpaired) electrons. The standard InChI is InChI=1S/C14H23N7S/c1-5-13-19-17-10-21(13)7-6-16-14(15-3)20(4)8-12-9-22-11(2)18-12/h9-10H,5-8H2,1-4H3,(H,15,16). The molecule has 0 aliphatic carbocycles.